The Morgan fingerprint density at radius 1 is 1.25 bits per heavy atom. The first-order valence-corrected chi connectivity index (χ1v) is 6.95. The van der Waals surface area contributed by atoms with E-state index in [1.165, 1.54) is 5.56 Å². The molecule has 0 aromatic heterocycles. The summed E-state index contributed by atoms with van der Waals surface area (Å²) in [5, 5.41) is 2.61. The standard InChI is InChI=1S/C17H23NO2/c1-5-7-14-9-11-15(12-10-14)8-6-13-18-16(19)20-17(2,3)4/h9-12H,5,7,13H2,1-4H3,(H,18,19). The van der Waals surface area contributed by atoms with Gasteiger partial charge in [0, 0.05) is 5.56 Å². The topological polar surface area (TPSA) is 38.3 Å². The molecule has 0 heterocycles. The number of ether oxygens (including phenoxy) is 1. The van der Waals surface area contributed by atoms with Gasteiger partial charge in [-0.15, -0.1) is 0 Å². The van der Waals surface area contributed by atoms with Crippen LogP contribution in [0.3, 0.4) is 0 Å². The zero-order valence-corrected chi connectivity index (χ0v) is 12.7. The summed E-state index contributed by atoms with van der Waals surface area (Å²) in [6.45, 7) is 7.93. The number of rotatable bonds is 3. The zero-order valence-electron chi connectivity index (χ0n) is 12.7. The SMILES string of the molecule is CCCc1ccc(C#CCNC(=O)OC(C)(C)C)cc1. The lowest BCUT2D eigenvalue weighted by Gasteiger charge is -2.18. The predicted octanol–water partition coefficient (Wildman–Crippen LogP) is 3.52. The van der Waals surface area contributed by atoms with E-state index in [2.05, 4.69) is 36.2 Å². The number of alkyl carbamates (subject to hydrolysis) is 1. The molecule has 0 unspecified atom stereocenters. The van der Waals surface area contributed by atoms with Gasteiger partial charge in [0.1, 0.15) is 5.60 Å². The summed E-state index contributed by atoms with van der Waals surface area (Å²) in [6.07, 6.45) is 1.80. The van der Waals surface area contributed by atoms with Crippen LogP contribution in [0.5, 0.6) is 0 Å². The largest absolute Gasteiger partial charge is 0.444 e. The molecule has 108 valence electrons. The molecule has 0 aliphatic heterocycles. The third-order valence-corrected chi connectivity index (χ3v) is 2.45. The molecule has 0 saturated heterocycles. The van der Waals surface area contributed by atoms with Crippen LogP contribution in [-0.4, -0.2) is 18.2 Å². The second-order valence-corrected chi connectivity index (χ2v) is 5.60. The molecular weight excluding hydrogens is 250 g/mol. The van der Waals surface area contributed by atoms with Crippen molar-refractivity contribution in [3.8, 4) is 11.8 Å². The van der Waals surface area contributed by atoms with E-state index in [1.54, 1.807) is 0 Å². The number of carbonyl (C=O) groups excluding carboxylic acids is 1. The van der Waals surface area contributed by atoms with Gasteiger partial charge in [-0.05, 0) is 44.9 Å². The average Bonchev–Trinajstić information content (AvgIpc) is 2.35. The van der Waals surface area contributed by atoms with Crippen LogP contribution in [0.25, 0.3) is 0 Å². The summed E-state index contributed by atoms with van der Waals surface area (Å²) in [5.74, 6) is 5.92. The Balaban J connectivity index is 2.41. The van der Waals surface area contributed by atoms with E-state index in [-0.39, 0.29) is 6.54 Å². The maximum Gasteiger partial charge on any atom is 0.408 e. The monoisotopic (exact) mass is 273 g/mol. The molecule has 1 rings (SSSR count). The summed E-state index contributed by atoms with van der Waals surface area (Å²) in [4.78, 5) is 11.4. The number of aryl methyl sites for hydroxylation is 1. The minimum absolute atomic E-state index is 0.283. The highest BCUT2D eigenvalue weighted by molar-refractivity contribution is 5.68. The second kappa shape index (κ2) is 7.59. The van der Waals surface area contributed by atoms with Crippen molar-refractivity contribution in [3.63, 3.8) is 0 Å². The Morgan fingerprint density at radius 3 is 2.45 bits per heavy atom. The Hall–Kier alpha value is -1.95. The van der Waals surface area contributed by atoms with Crippen LogP contribution in [0.4, 0.5) is 4.79 Å². The quantitative estimate of drug-likeness (QED) is 0.856. The van der Waals surface area contributed by atoms with Gasteiger partial charge in [0.15, 0.2) is 0 Å². The Kier molecular flexibility index (Phi) is 6.11. The molecule has 20 heavy (non-hydrogen) atoms. The van der Waals surface area contributed by atoms with Crippen LogP contribution in [0.1, 0.15) is 45.2 Å². The summed E-state index contributed by atoms with van der Waals surface area (Å²) in [6, 6.07) is 8.19. The Morgan fingerprint density at radius 2 is 1.90 bits per heavy atom. The van der Waals surface area contributed by atoms with Gasteiger partial charge in [0.2, 0.25) is 0 Å². The lowest BCUT2D eigenvalue weighted by Crippen LogP contribution is -2.32. The smallest absolute Gasteiger partial charge is 0.408 e. The summed E-state index contributed by atoms with van der Waals surface area (Å²) >= 11 is 0. The molecule has 0 aliphatic rings. The fraction of sp³-hybridized carbons (Fsp3) is 0.471. The van der Waals surface area contributed by atoms with Gasteiger partial charge in [-0.3, -0.25) is 0 Å². The lowest BCUT2D eigenvalue weighted by atomic mass is 10.1. The van der Waals surface area contributed by atoms with Crippen LogP contribution in [0, 0.1) is 11.8 Å². The molecular formula is C17H23NO2. The van der Waals surface area contributed by atoms with Crippen LogP contribution >= 0.6 is 0 Å². The molecule has 3 nitrogen and oxygen atoms in total. The van der Waals surface area contributed by atoms with Crippen molar-refractivity contribution in [3.05, 3.63) is 35.4 Å². The van der Waals surface area contributed by atoms with Gasteiger partial charge in [0.05, 0.1) is 6.54 Å². The molecule has 0 bridgehead atoms. The Bertz CT molecular complexity index is 486. The highest BCUT2D eigenvalue weighted by Crippen LogP contribution is 2.06. The van der Waals surface area contributed by atoms with Gasteiger partial charge in [-0.25, -0.2) is 4.79 Å². The first-order valence-electron chi connectivity index (χ1n) is 6.95. The third-order valence-electron chi connectivity index (χ3n) is 2.45. The number of carbonyl (C=O) groups is 1. The fourth-order valence-corrected chi connectivity index (χ4v) is 1.62. The predicted molar refractivity (Wildman–Crippen MR) is 81.6 cm³/mol. The average molecular weight is 273 g/mol. The first kappa shape index (κ1) is 16.1. The molecule has 3 heteroatoms. The number of nitrogens with one attached hydrogen (secondary N) is 1. The van der Waals surface area contributed by atoms with Crippen LogP contribution in [0.15, 0.2) is 24.3 Å². The van der Waals surface area contributed by atoms with Crippen molar-refractivity contribution in [1.29, 1.82) is 0 Å². The summed E-state index contributed by atoms with van der Waals surface area (Å²) in [5.41, 5.74) is 1.80. The van der Waals surface area contributed by atoms with Crippen LogP contribution < -0.4 is 5.32 Å². The minimum atomic E-state index is -0.480. The molecule has 0 atom stereocenters. The van der Waals surface area contributed by atoms with E-state index in [4.69, 9.17) is 4.74 Å². The van der Waals surface area contributed by atoms with Gasteiger partial charge in [-0.2, -0.15) is 0 Å². The van der Waals surface area contributed by atoms with Crippen molar-refractivity contribution < 1.29 is 9.53 Å². The van der Waals surface area contributed by atoms with E-state index < -0.39 is 11.7 Å². The molecule has 1 aromatic carbocycles. The van der Waals surface area contributed by atoms with Crippen molar-refractivity contribution in [2.75, 3.05) is 6.54 Å². The van der Waals surface area contributed by atoms with Gasteiger partial charge in [-0.1, -0.05) is 37.3 Å². The van der Waals surface area contributed by atoms with Gasteiger partial charge in [0.25, 0.3) is 0 Å². The highest BCUT2D eigenvalue weighted by Gasteiger charge is 2.14. The van der Waals surface area contributed by atoms with Gasteiger partial charge >= 0.3 is 6.09 Å². The Labute approximate surface area is 121 Å². The van der Waals surface area contributed by atoms with Crippen molar-refractivity contribution in [1.82, 2.24) is 5.32 Å². The normalized spacial score (nSPS) is 10.4. The molecule has 1 amide bonds. The summed E-state index contributed by atoms with van der Waals surface area (Å²) in [7, 11) is 0. The maximum atomic E-state index is 11.4. The fourth-order valence-electron chi connectivity index (χ4n) is 1.62. The van der Waals surface area contributed by atoms with E-state index >= 15 is 0 Å². The van der Waals surface area contributed by atoms with E-state index in [1.807, 2.05) is 32.9 Å². The van der Waals surface area contributed by atoms with Crippen LogP contribution in [-0.2, 0) is 11.2 Å². The number of benzene rings is 1. The number of hydrogen-bond donors (Lipinski definition) is 1. The van der Waals surface area contributed by atoms with Crippen molar-refractivity contribution in [2.45, 2.75) is 46.1 Å². The number of amides is 1. The van der Waals surface area contributed by atoms with Gasteiger partial charge < -0.3 is 10.1 Å². The van der Waals surface area contributed by atoms with Crippen molar-refractivity contribution in [2.24, 2.45) is 0 Å². The van der Waals surface area contributed by atoms with E-state index in [0.717, 1.165) is 18.4 Å². The minimum Gasteiger partial charge on any atom is -0.444 e. The molecule has 0 radical (unpaired) electrons. The third kappa shape index (κ3) is 6.84. The van der Waals surface area contributed by atoms with Crippen molar-refractivity contribution >= 4 is 6.09 Å². The lowest BCUT2D eigenvalue weighted by molar-refractivity contribution is 0.0535. The molecule has 1 N–H and O–H groups in total. The highest BCUT2D eigenvalue weighted by atomic mass is 16.6. The van der Waals surface area contributed by atoms with E-state index in [9.17, 15) is 4.79 Å². The molecule has 0 spiro atoms. The molecule has 0 aliphatic carbocycles. The van der Waals surface area contributed by atoms with Crippen LogP contribution in [0.2, 0.25) is 0 Å². The second-order valence-electron chi connectivity index (χ2n) is 5.60. The molecule has 1 aromatic rings. The summed E-state index contributed by atoms with van der Waals surface area (Å²) < 4.78 is 5.11. The van der Waals surface area contributed by atoms with E-state index in [0.29, 0.717) is 0 Å². The zero-order chi connectivity index (χ0) is 15.0. The molecule has 0 fully saturated rings. The maximum absolute atomic E-state index is 11.4. The first-order chi connectivity index (χ1) is 9.40. The molecule has 0 saturated carbocycles. The number of hydrogen-bond acceptors (Lipinski definition) is 2.